The number of hydrogen-bond acceptors (Lipinski definition) is 5. The highest BCUT2D eigenvalue weighted by Crippen LogP contribution is 2.20. The lowest BCUT2D eigenvalue weighted by molar-refractivity contribution is -0.131. The van der Waals surface area contributed by atoms with Crippen LogP contribution in [0.1, 0.15) is 27.1 Å². The molecule has 3 rings (SSSR count). The molecule has 25 heavy (non-hydrogen) atoms. The molecule has 3 N–H and O–H groups in total. The van der Waals surface area contributed by atoms with Crippen molar-refractivity contribution in [2.45, 2.75) is 12.5 Å². The highest BCUT2D eigenvalue weighted by atomic mass is 32.2. The molecule has 2 amide bonds. The van der Waals surface area contributed by atoms with Crippen molar-refractivity contribution in [3.05, 3.63) is 35.4 Å². The maximum atomic E-state index is 12.4. The van der Waals surface area contributed by atoms with Gasteiger partial charge in [-0.2, -0.15) is 0 Å². The number of carboxylic acid groups (broad SMARTS) is 1. The van der Waals surface area contributed by atoms with Gasteiger partial charge in [-0.15, -0.1) is 11.8 Å². The molecule has 0 spiro atoms. The van der Waals surface area contributed by atoms with E-state index in [1.165, 1.54) is 24.3 Å². The predicted molar refractivity (Wildman–Crippen MR) is 94.7 cm³/mol. The first kappa shape index (κ1) is 17.8. The molecular formula is C17H21N3O4S. The van der Waals surface area contributed by atoms with Crippen molar-refractivity contribution in [1.29, 1.82) is 0 Å². The van der Waals surface area contributed by atoms with Gasteiger partial charge in [-0.25, -0.2) is 4.79 Å². The van der Waals surface area contributed by atoms with Gasteiger partial charge in [0.05, 0.1) is 17.5 Å². The van der Waals surface area contributed by atoms with E-state index in [0.29, 0.717) is 18.7 Å². The summed E-state index contributed by atoms with van der Waals surface area (Å²) < 4.78 is 0. The standard InChI is InChI=1S/C17H21N3O4S/c21-15(12-1-3-13(4-2-12)17(23)24)19-9-11-7-14(18-8-11)16(22)20-5-6-25-10-20/h1-4,11,14,18H,5-10H2,(H,19,21)(H,23,24). The molecule has 1 aromatic rings. The quantitative estimate of drug-likeness (QED) is 0.710. The zero-order chi connectivity index (χ0) is 17.8. The average Bonchev–Trinajstić information content (AvgIpc) is 3.31. The van der Waals surface area contributed by atoms with E-state index in [1.54, 1.807) is 11.8 Å². The molecule has 2 heterocycles. The van der Waals surface area contributed by atoms with E-state index in [-0.39, 0.29) is 29.3 Å². The van der Waals surface area contributed by atoms with E-state index in [9.17, 15) is 14.4 Å². The fraction of sp³-hybridized carbons (Fsp3) is 0.471. The zero-order valence-electron chi connectivity index (χ0n) is 13.7. The van der Waals surface area contributed by atoms with E-state index in [2.05, 4.69) is 10.6 Å². The number of amides is 2. The average molecular weight is 363 g/mol. The second-order valence-corrected chi connectivity index (χ2v) is 7.37. The molecule has 2 aliphatic rings. The number of rotatable bonds is 5. The summed E-state index contributed by atoms with van der Waals surface area (Å²) in [5.41, 5.74) is 0.579. The van der Waals surface area contributed by atoms with E-state index in [1.807, 2.05) is 4.90 Å². The molecule has 8 heteroatoms. The summed E-state index contributed by atoms with van der Waals surface area (Å²) >= 11 is 1.77. The number of carbonyl (C=O) groups is 3. The van der Waals surface area contributed by atoms with E-state index >= 15 is 0 Å². The van der Waals surface area contributed by atoms with Crippen LogP contribution < -0.4 is 10.6 Å². The Hall–Kier alpha value is -2.06. The van der Waals surface area contributed by atoms with Crippen LogP contribution in [0.2, 0.25) is 0 Å². The Morgan fingerprint density at radius 2 is 1.96 bits per heavy atom. The van der Waals surface area contributed by atoms with E-state index < -0.39 is 5.97 Å². The highest BCUT2D eigenvalue weighted by molar-refractivity contribution is 7.99. The van der Waals surface area contributed by atoms with Gasteiger partial charge in [0, 0.05) is 31.0 Å². The molecule has 0 saturated carbocycles. The summed E-state index contributed by atoms with van der Waals surface area (Å²) in [5, 5.41) is 15.0. The summed E-state index contributed by atoms with van der Waals surface area (Å²) in [5.74, 6) is 0.886. The van der Waals surface area contributed by atoms with Crippen molar-refractivity contribution in [2.24, 2.45) is 5.92 Å². The maximum Gasteiger partial charge on any atom is 0.335 e. The largest absolute Gasteiger partial charge is 0.478 e. The molecule has 2 atom stereocenters. The number of carboxylic acids is 1. The lowest BCUT2D eigenvalue weighted by Crippen LogP contribution is -2.42. The van der Waals surface area contributed by atoms with Gasteiger partial charge < -0.3 is 20.6 Å². The molecule has 2 fully saturated rings. The Bertz CT molecular complexity index is 658. The van der Waals surface area contributed by atoms with Gasteiger partial charge in [0.2, 0.25) is 5.91 Å². The van der Waals surface area contributed by atoms with Gasteiger partial charge in [0.15, 0.2) is 0 Å². The number of nitrogens with zero attached hydrogens (tertiary/aromatic N) is 1. The third-order valence-electron chi connectivity index (χ3n) is 4.53. The molecule has 0 radical (unpaired) electrons. The number of carbonyl (C=O) groups excluding carboxylic acids is 2. The lowest BCUT2D eigenvalue weighted by atomic mass is 10.0. The molecule has 2 unspecified atom stereocenters. The predicted octanol–water partition coefficient (Wildman–Crippen LogP) is 0.626. The Morgan fingerprint density at radius 1 is 1.24 bits per heavy atom. The number of hydrogen-bond donors (Lipinski definition) is 3. The summed E-state index contributed by atoms with van der Waals surface area (Å²) in [6.07, 6.45) is 0.720. The third-order valence-corrected chi connectivity index (χ3v) is 5.50. The van der Waals surface area contributed by atoms with Crippen molar-refractivity contribution in [2.75, 3.05) is 31.3 Å². The number of aromatic carboxylic acids is 1. The van der Waals surface area contributed by atoms with E-state index in [0.717, 1.165) is 24.6 Å². The van der Waals surface area contributed by atoms with Crippen LogP contribution in [0, 0.1) is 5.92 Å². The molecule has 134 valence electrons. The summed E-state index contributed by atoms with van der Waals surface area (Å²) in [6, 6.07) is 5.68. The van der Waals surface area contributed by atoms with Crippen molar-refractivity contribution in [3.8, 4) is 0 Å². The summed E-state index contributed by atoms with van der Waals surface area (Å²) in [4.78, 5) is 37.2. The van der Waals surface area contributed by atoms with Gasteiger partial charge in [-0.05, 0) is 36.6 Å². The third kappa shape index (κ3) is 4.32. The Balaban J connectivity index is 1.46. The van der Waals surface area contributed by atoms with Crippen molar-refractivity contribution >= 4 is 29.5 Å². The van der Waals surface area contributed by atoms with Gasteiger partial charge in [-0.3, -0.25) is 9.59 Å². The Kier molecular flexibility index (Phi) is 5.60. The van der Waals surface area contributed by atoms with Crippen LogP contribution in [-0.4, -0.2) is 65.1 Å². The van der Waals surface area contributed by atoms with Crippen molar-refractivity contribution in [3.63, 3.8) is 0 Å². The Morgan fingerprint density at radius 3 is 2.60 bits per heavy atom. The van der Waals surface area contributed by atoms with Crippen LogP contribution >= 0.6 is 11.8 Å². The minimum Gasteiger partial charge on any atom is -0.478 e. The topological polar surface area (TPSA) is 98.7 Å². The fourth-order valence-corrected chi connectivity index (χ4v) is 4.02. The SMILES string of the molecule is O=C(O)c1ccc(C(=O)NCC2CNC(C(=O)N3CCSC3)C2)cc1. The second-order valence-electron chi connectivity index (χ2n) is 6.29. The number of nitrogens with one attached hydrogen (secondary N) is 2. The van der Waals surface area contributed by atoms with E-state index in [4.69, 9.17) is 5.11 Å². The maximum absolute atomic E-state index is 12.4. The van der Waals surface area contributed by atoms with Gasteiger partial charge in [0.25, 0.3) is 5.91 Å². The summed E-state index contributed by atoms with van der Waals surface area (Å²) in [7, 11) is 0. The molecule has 0 aromatic heterocycles. The van der Waals surface area contributed by atoms with Crippen LogP contribution in [0.3, 0.4) is 0 Å². The van der Waals surface area contributed by atoms with Gasteiger partial charge in [-0.1, -0.05) is 0 Å². The highest BCUT2D eigenvalue weighted by Gasteiger charge is 2.33. The number of thioether (sulfide) groups is 1. The van der Waals surface area contributed by atoms with Crippen LogP contribution in [0.5, 0.6) is 0 Å². The number of benzene rings is 1. The second kappa shape index (κ2) is 7.88. The Labute approximate surface area is 150 Å². The monoisotopic (exact) mass is 363 g/mol. The van der Waals surface area contributed by atoms with Crippen LogP contribution in [-0.2, 0) is 4.79 Å². The molecule has 2 aliphatic heterocycles. The van der Waals surface area contributed by atoms with Crippen molar-refractivity contribution < 1.29 is 19.5 Å². The first-order valence-corrected chi connectivity index (χ1v) is 9.41. The first-order valence-electron chi connectivity index (χ1n) is 8.26. The van der Waals surface area contributed by atoms with Crippen molar-refractivity contribution in [1.82, 2.24) is 15.5 Å². The molecule has 0 bridgehead atoms. The zero-order valence-corrected chi connectivity index (χ0v) is 14.6. The molecule has 0 aliphatic carbocycles. The van der Waals surface area contributed by atoms with Crippen LogP contribution in [0.25, 0.3) is 0 Å². The summed E-state index contributed by atoms with van der Waals surface area (Å²) in [6.45, 7) is 2.01. The van der Waals surface area contributed by atoms with Gasteiger partial charge >= 0.3 is 5.97 Å². The smallest absolute Gasteiger partial charge is 0.335 e. The van der Waals surface area contributed by atoms with Gasteiger partial charge in [0.1, 0.15) is 0 Å². The minimum atomic E-state index is -1.02. The lowest BCUT2D eigenvalue weighted by Gasteiger charge is -2.19. The molecule has 2 saturated heterocycles. The first-order chi connectivity index (χ1) is 12.0. The molecular weight excluding hydrogens is 342 g/mol. The molecule has 1 aromatic carbocycles. The van der Waals surface area contributed by atoms with Crippen LogP contribution in [0.4, 0.5) is 0 Å². The fourth-order valence-electron chi connectivity index (χ4n) is 3.06. The van der Waals surface area contributed by atoms with Crippen LogP contribution in [0.15, 0.2) is 24.3 Å². The normalized spacial score (nSPS) is 22.8. The molecule has 7 nitrogen and oxygen atoms in total. The minimum absolute atomic E-state index is 0.151.